The molecular formula is C18H16N2O3. The molecule has 5 nitrogen and oxygen atoms in total. The van der Waals surface area contributed by atoms with Gasteiger partial charge in [0, 0.05) is 11.1 Å². The van der Waals surface area contributed by atoms with E-state index in [1.807, 2.05) is 32.0 Å². The third-order valence-electron chi connectivity index (χ3n) is 3.66. The van der Waals surface area contributed by atoms with Crippen molar-refractivity contribution < 1.29 is 14.3 Å². The highest BCUT2D eigenvalue weighted by Gasteiger charge is 2.14. The van der Waals surface area contributed by atoms with Crippen LogP contribution >= 0.6 is 0 Å². The Balaban J connectivity index is 2.03. The van der Waals surface area contributed by atoms with Crippen molar-refractivity contribution in [2.45, 2.75) is 13.8 Å². The van der Waals surface area contributed by atoms with Crippen molar-refractivity contribution in [2.24, 2.45) is 0 Å². The van der Waals surface area contributed by atoms with Gasteiger partial charge in [0.15, 0.2) is 11.3 Å². The van der Waals surface area contributed by atoms with Crippen molar-refractivity contribution in [3.63, 3.8) is 0 Å². The molecule has 0 saturated carbocycles. The maximum absolute atomic E-state index is 12.5. The number of hydrogen-bond acceptors (Lipinski definition) is 4. The van der Waals surface area contributed by atoms with Crippen molar-refractivity contribution in [3.05, 3.63) is 64.7 Å². The molecule has 1 heterocycles. The molecule has 5 heteroatoms. The van der Waals surface area contributed by atoms with Gasteiger partial charge in [0.2, 0.25) is 5.55 Å². The van der Waals surface area contributed by atoms with Crippen LogP contribution in [-0.4, -0.2) is 11.0 Å². The first-order valence-corrected chi connectivity index (χ1v) is 7.15. The highest BCUT2D eigenvalue weighted by atomic mass is 16.4. The molecule has 0 aliphatic rings. The van der Waals surface area contributed by atoms with Gasteiger partial charge in [-0.1, -0.05) is 24.3 Å². The zero-order valence-corrected chi connectivity index (χ0v) is 12.8. The van der Waals surface area contributed by atoms with Crippen molar-refractivity contribution in [2.75, 3.05) is 5.32 Å². The molecule has 0 saturated heterocycles. The van der Waals surface area contributed by atoms with E-state index in [4.69, 9.17) is 9.83 Å². The van der Waals surface area contributed by atoms with Gasteiger partial charge in [-0.2, -0.15) is 0 Å². The molecule has 0 atom stereocenters. The predicted octanol–water partition coefficient (Wildman–Crippen LogP) is 3.49. The topological polar surface area (TPSA) is 86.3 Å². The second-order valence-electron chi connectivity index (χ2n) is 5.46. The van der Waals surface area contributed by atoms with Gasteiger partial charge in [-0.05, 0) is 43.2 Å². The van der Waals surface area contributed by atoms with Crippen LogP contribution in [0, 0.1) is 19.3 Å². The van der Waals surface area contributed by atoms with Crippen LogP contribution in [0.5, 0.6) is 5.75 Å². The Morgan fingerprint density at radius 2 is 1.96 bits per heavy atom. The minimum Gasteiger partial charge on any atom is -0.504 e. The van der Waals surface area contributed by atoms with Crippen LogP contribution in [0.1, 0.15) is 21.5 Å². The number of rotatable bonds is 2. The van der Waals surface area contributed by atoms with E-state index >= 15 is 0 Å². The normalized spacial score (nSPS) is 10.7. The molecule has 0 fully saturated rings. The number of aromatic hydroxyl groups is 1. The van der Waals surface area contributed by atoms with E-state index in [2.05, 4.69) is 5.32 Å². The molecule has 3 rings (SSSR count). The van der Waals surface area contributed by atoms with Crippen molar-refractivity contribution >= 4 is 22.6 Å². The van der Waals surface area contributed by atoms with Crippen LogP contribution < -0.4 is 10.9 Å². The fourth-order valence-corrected chi connectivity index (χ4v) is 2.37. The summed E-state index contributed by atoms with van der Waals surface area (Å²) in [5, 5.41) is 21.0. The molecule has 1 amide bonds. The molecule has 0 unspecified atom stereocenters. The lowest BCUT2D eigenvalue weighted by Gasteiger charge is -2.10. The van der Waals surface area contributed by atoms with Gasteiger partial charge in [-0.3, -0.25) is 10.2 Å². The summed E-state index contributed by atoms with van der Waals surface area (Å²) >= 11 is 0. The zero-order chi connectivity index (χ0) is 16.6. The Kier molecular flexibility index (Phi) is 3.62. The molecule has 0 radical (unpaired) electrons. The molecule has 116 valence electrons. The van der Waals surface area contributed by atoms with Gasteiger partial charge in [-0.25, -0.2) is 0 Å². The minimum absolute atomic E-state index is 0.0579. The van der Waals surface area contributed by atoms with E-state index in [9.17, 15) is 9.90 Å². The lowest BCUT2D eigenvalue weighted by molar-refractivity contribution is 0.102. The first-order chi connectivity index (χ1) is 11.0. The number of anilines is 1. The summed E-state index contributed by atoms with van der Waals surface area (Å²) in [6.07, 6.45) is 0. The van der Waals surface area contributed by atoms with Crippen LogP contribution in [0.25, 0.3) is 11.0 Å². The molecule has 0 aliphatic heterocycles. The number of aryl methyl sites for hydroxylation is 2. The van der Waals surface area contributed by atoms with Gasteiger partial charge in [0.25, 0.3) is 5.91 Å². The number of carbonyl (C=O) groups excluding carboxylic acids is 1. The predicted molar refractivity (Wildman–Crippen MR) is 87.6 cm³/mol. The van der Waals surface area contributed by atoms with Crippen molar-refractivity contribution in [1.29, 1.82) is 5.41 Å². The fraction of sp³-hybridized carbons (Fsp3) is 0.111. The first kappa shape index (κ1) is 14.8. The van der Waals surface area contributed by atoms with E-state index < -0.39 is 5.91 Å². The van der Waals surface area contributed by atoms with E-state index in [0.717, 1.165) is 11.1 Å². The lowest BCUT2D eigenvalue weighted by atomic mass is 10.1. The number of nitrogens with one attached hydrogen (secondary N) is 2. The Morgan fingerprint density at radius 1 is 1.17 bits per heavy atom. The van der Waals surface area contributed by atoms with Gasteiger partial charge in [0.1, 0.15) is 5.56 Å². The average molecular weight is 308 g/mol. The summed E-state index contributed by atoms with van der Waals surface area (Å²) in [4.78, 5) is 12.5. The standard InChI is InChI=1S/C18H16N2O3/c1-10-6-7-11(2)14(8-10)20-18(22)13-9-12-4-3-5-15(21)16(12)23-17(13)19/h3-9,19,21H,1-2H3,(H,20,22). The van der Waals surface area contributed by atoms with Crippen LogP contribution in [-0.2, 0) is 0 Å². The first-order valence-electron chi connectivity index (χ1n) is 7.15. The van der Waals surface area contributed by atoms with E-state index in [-0.39, 0.29) is 22.5 Å². The third kappa shape index (κ3) is 2.81. The average Bonchev–Trinajstić information content (AvgIpc) is 2.51. The number of hydrogen-bond donors (Lipinski definition) is 3. The molecule has 3 aromatic rings. The van der Waals surface area contributed by atoms with Gasteiger partial charge in [-0.15, -0.1) is 0 Å². The number of fused-ring (bicyclic) bond motifs is 1. The third-order valence-corrected chi connectivity index (χ3v) is 3.66. The molecule has 2 aromatic carbocycles. The van der Waals surface area contributed by atoms with Crippen molar-refractivity contribution in [1.82, 2.24) is 0 Å². The molecule has 0 bridgehead atoms. The Labute approximate surface area is 132 Å². The van der Waals surface area contributed by atoms with E-state index in [0.29, 0.717) is 11.1 Å². The highest BCUT2D eigenvalue weighted by Crippen LogP contribution is 2.24. The maximum Gasteiger partial charge on any atom is 0.261 e. The van der Waals surface area contributed by atoms with Crippen LogP contribution in [0.15, 0.2) is 46.9 Å². The largest absolute Gasteiger partial charge is 0.504 e. The van der Waals surface area contributed by atoms with Crippen molar-refractivity contribution in [3.8, 4) is 5.75 Å². The quantitative estimate of drug-likeness (QED) is 0.677. The summed E-state index contributed by atoms with van der Waals surface area (Å²) in [5.41, 5.74) is 2.69. The van der Waals surface area contributed by atoms with E-state index in [1.54, 1.807) is 18.2 Å². The second-order valence-corrected chi connectivity index (χ2v) is 5.46. The molecular weight excluding hydrogens is 292 g/mol. The summed E-state index contributed by atoms with van der Waals surface area (Å²) < 4.78 is 5.29. The zero-order valence-electron chi connectivity index (χ0n) is 12.8. The Hall–Kier alpha value is -3.08. The minimum atomic E-state index is -0.419. The SMILES string of the molecule is Cc1ccc(C)c(NC(=O)c2cc3cccc(O)c3oc2=N)c1. The number of phenols is 1. The smallest absolute Gasteiger partial charge is 0.261 e. The number of carbonyl (C=O) groups is 1. The van der Waals surface area contributed by atoms with Crippen LogP contribution in [0.3, 0.4) is 0 Å². The molecule has 0 spiro atoms. The van der Waals surface area contributed by atoms with E-state index in [1.165, 1.54) is 6.07 Å². The number of benzene rings is 2. The highest BCUT2D eigenvalue weighted by molar-refractivity contribution is 6.05. The number of phenolic OH excluding ortho intramolecular Hbond substituents is 1. The fourth-order valence-electron chi connectivity index (χ4n) is 2.37. The molecule has 1 aromatic heterocycles. The number of para-hydroxylation sites is 1. The maximum atomic E-state index is 12.5. The second kappa shape index (κ2) is 5.61. The monoisotopic (exact) mass is 308 g/mol. The van der Waals surface area contributed by atoms with Gasteiger partial charge < -0.3 is 14.8 Å². The summed E-state index contributed by atoms with van der Waals surface area (Å²) in [5.74, 6) is -0.477. The van der Waals surface area contributed by atoms with Gasteiger partial charge >= 0.3 is 0 Å². The molecule has 23 heavy (non-hydrogen) atoms. The van der Waals surface area contributed by atoms with Crippen LogP contribution in [0.4, 0.5) is 5.69 Å². The molecule has 3 N–H and O–H groups in total. The van der Waals surface area contributed by atoms with Gasteiger partial charge in [0.05, 0.1) is 0 Å². The lowest BCUT2D eigenvalue weighted by Crippen LogP contribution is -2.21. The summed E-state index contributed by atoms with van der Waals surface area (Å²) in [7, 11) is 0. The number of amides is 1. The Bertz CT molecular complexity index is 974. The van der Waals surface area contributed by atoms with Crippen LogP contribution in [0.2, 0.25) is 0 Å². The summed E-state index contributed by atoms with van der Waals surface area (Å²) in [6.45, 7) is 3.85. The Morgan fingerprint density at radius 3 is 2.74 bits per heavy atom. The summed E-state index contributed by atoms with van der Waals surface area (Å²) in [6, 6.07) is 12.2. The molecule has 0 aliphatic carbocycles.